The van der Waals surface area contributed by atoms with E-state index in [2.05, 4.69) is 59.5 Å². The number of aryl methyl sites for hydroxylation is 1. The van der Waals surface area contributed by atoms with Crippen LogP contribution in [0.3, 0.4) is 0 Å². The largest absolute Gasteiger partial charge is 0.325 e. The van der Waals surface area contributed by atoms with E-state index in [0.29, 0.717) is 6.04 Å². The van der Waals surface area contributed by atoms with Gasteiger partial charge in [0.1, 0.15) is 11.6 Å². The van der Waals surface area contributed by atoms with E-state index in [1.54, 1.807) is 0 Å². The third-order valence-electron chi connectivity index (χ3n) is 5.98. The van der Waals surface area contributed by atoms with Crippen molar-refractivity contribution in [3.63, 3.8) is 0 Å². The molecule has 0 saturated carbocycles. The van der Waals surface area contributed by atoms with Crippen molar-refractivity contribution in [2.45, 2.75) is 58.5 Å². The van der Waals surface area contributed by atoms with E-state index in [9.17, 15) is 4.39 Å². The van der Waals surface area contributed by atoms with Crippen molar-refractivity contribution in [1.29, 1.82) is 0 Å². The lowest BCUT2D eigenvalue weighted by atomic mass is 9.86. The second kappa shape index (κ2) is 7.32. The molecule has 1 saturated heterocycles. The maximum Gasteiger partial charge on any atom is 0.125 e. The lowest BCUT2D eigenvalue weighted by Crippen LogP contribution is -2.34. The highest BCUT2D eigenvalue weighted by molar-refractivity contribution is 5.76. The fraction of sp³-hybridized carbons (Fsp3) is 0.458. The van der Waals surface area contributed by atoms with Crippen LogP contribution in [0.1, 0.15) is 56.6 Å². The van der Waals surface area contributed by atoms with E-state index < -0.39 is 0 Å². The van der Waals surface area contributed by atoms with Gasteiger partial charge in [0.15, 0.2) is 0 Å². The molecule has 1 aliphatic heterocycles. The molecular weight excluding hydrogens is 349 g/mol. The standard InChI is InChI=1S/C24H30FN3/c1-17-26-22-15-20(25)9-10-23(22)28(17)21-11-13-27(14-12-21)16-18-5-7-19(8-6-18)24(2,3)4/h5-10,15,21H,11-14,16H2,1-4H3. The summed E-state index contributed by atoms with van der Waals surface area (Å²) in [7, 11) is 0. The molecule has 3 aromatic rings. The van der Waals surface area contributed by atoms with E-state index >= 15 is 0 Å². The van der Waals surface area contributed by atoms with Gasteiger partial charge >= 0.3 is 0 Å². The van der Waals surface area contributed by atoms with Crippen LogP contribution in [-0.2, 0) is 12.0 Å². The molecule has 0 bridgehead atoms. The van der Waals surface area contributed by atoms with Crippen LogP contribution in [0.5, 0.6) is 0 Å². The molecule has 3 nitrogen and oxygen atoms in total. The molecule has 0 N–H and O–H groups in total. The zero-order valence-corrected chi connectivity index (χ0v) is 17.4. The summed E-state index contributed by atoms with van der Waals surface area (Å²) in [6.45, 7) is 11.9. The van der Waals surface area contributed by atoms with Crippen LogP contribution in [-0.4, -0.2) is 27.5 Å². The maximum absolute atomic E-state index is 13.5. The Balaban J connectivity index is 1.42. The highest BCUT2D eigenvalue weighted by atomic mass is 19.1. The highest BCUT2D eigenvalue weighted by Crippen LogP contribution is 2.30. The summed E-state index contributed by atoms with van der Waals surface area (Å²) in [5.41, 5.74) is 4.78. The fourth-order valence-electron chi connectivity index (χ4n) is 4.36. The number of fused-ring (bicyclic) bond motifs is 1. The number of imidazole rings is 1. The fourth-order valence-corrected chi connectivity index (χ4v) is 4.36. The molecule has 0 radical (unpaired) electrons. The monoisotopic (exact) mass is 379 g/mol. The van der Waals surface area contributed by atoms with Gasteiger partial charge in [-0.25, -0.2) is 9.37 Å². The molecule has 148 valence electrons. The summed E-state index contributed by atoms with van der Waals surface area (Å²) >= 11 is 0. The van der Waals surface area contributed by atoms with Crippen molar-refractivity contribution in [3.05, 3.63) is 65.2 Å². The van der Waals surface area contributed by atoms with Crippen molar-refractivity contribution in [1.82, 2.24) is 14.5 Å². The van der Waals surface area contributed by atoms with E-state index in [4.69, 9.17) is 0 Å². The maximum atomic E-state index is 13.5. The number of halogens is 1. The first kappa shape index (κ1) is 19.1. The van der Waals surface area contributed by atoms with Gasteiger partial charge in [0, 0.05) is 31.7 Å². The predicted octanol–water partition coefficient (Wildman–Crippen LogP) is 5.62. The lowest BCUT2D eigenvalue weighted by molar-refractivity contribution is 0.180. The zero-order valence-electron chi connectivity index (χ0n) is 17.4. The Morgan fingerprint density at radius 3 is 2.36 bits per heavy atom. The first-order valence-corrected chi connectivity index (χ1v) is 10.3. The second-order valence-corrected chi connectivity index (χ2v) is 9.12. The quantitative estimate of drug-likeness (QED) is 0.589. The number of likely N-dealkylation sites (tertiary alicyclic amines) is 1. The Kier molecular flexibility index (Phi) is 5.00. The molecule has 0 amide bonds. The summed E-state index contributed by atoms with van der Waals surface area (Å²) in [5.74, 6) is 0.765. The molecule has 0 spiro atoms. The summed E-state index contributed by atoms with van der Waals surface area (Å²) < 4.78 is 15.8. The molecule has 4 rings (SSSR count). The minimum atomic E-state index is -0.218. The van der Waals surface area contributed by atoms with Crippen molar-refractivity contribution in [2.75, 3.05) is 13.1 Å². The van der Waals surface area contributed by atoms with Crippen molar-refractivity contribution < 1.29 is 4.39 Å². The third-order valence-corrected chi connectivity index (χ3v) is 5.98. The normalized spacial score (nSPS) is 16.8. The first-order chi connectivity index (χ1) is 13.3. The van der Waals surface area contributed by atoms with Gasteiger partial charge in [-0.15, -0.1) is 0 Å². The van der Waals surface area contributed by atoms with Gasteiger partial charge in [0.2, 0.25) is 0 Å². The predicted molar refractivity (Wildman–Crippen MR) is 113 cm³/mol. The molecule has 2 aromatic carbocycles. The van der Waals surface area contributed by atoms with Gasteiger partial charge in [0.25, 0.3) is 0 Å². The molecule has 4 heteroatoms. The molecule has 0 atom stereocenters. The minimum Gasteiger partial charge on any atom is -0.325 e. The summed E-state index contributed by atoms with van der Waals surface area (Å²) in [6, 6.07) is 14.5. The highest BCUT2D eigenvalue weighted by Gasteiger charge is 2.23. The molecular formula is C24H30FN3. The number of rotatable bonds is 3. The van der Waals surface area contributed by atoms with Crippen LogP contribution in [0.15, 0.2) is 42.5 Å². The molecule has 1 fully saturated rings. The van der Waals surface area contributed by atoms with Gasteiger partial charge in [0.05, 0.1) is 11.0 Å². The number of nitrogens with zero attached hydrogens (tertiary/aromatic N) is 3. The van der Waals surface area contributed by atoms with Gasteiger partial charge in [-0.2, -0.15) is 0 Å². The Morgan fingerprint density at radius 1 is 1.04 bits per heavy atom. The second-order valence-electron chi connectivity index (χ2n) is 9.12. The van der Waals surface area contributed by atoms with E-state index in [1.807, 2.05) is 13.0 Å². The molecule has 2 heterocycles. The van der Waals surface area contributed by atoms with Crippen LogP contribution < -0.4 is 0 Å². The number of piperidine rings is 1. The topological polar surface area (TPSA) is 21.1 Å². The van der Waals surface area contributed by atoms with Crippen LogP contribution in [0.25, 0.3) is 11.0 Å². The van der Waals surface area contributed by atoms with Crippen LogP contribution in [0.2, 0.25) is 0 Å². The van der Waals surface area contributed by atoms with Crippen LogP contribution in [0, 0.1) is 12.7 Å². The molecule has 0 aliphatic carbocycles. The number of hydrogen-bond acceptors (Lipinski definition) is 2. The Labute approximate surface area is 167 Å². The van der Waals surface area contributed by atoms with Gasteiger partial charge in [-0.1, -0.05) is 45.0 Å². The Bertz CT molecular complexity index is 958. The van der Waals surface area contributed by atoms with E-state index in [1.165, 1.54) is 23.3 Å². The Morgan fingerprint density at radius 2 is 1.71 bits per heavy atom. The van der Waals surface area contributed by atoms with Crippen molar-refractivity contribution >= 4 is 11.0 Å². The smallest absolute Gasteiger partial charge is 0.125 e. The van der Waals surface area contributed by atoms with E-state index in [-0.39, 0.29) is 11.2 Å². The zero-order chi connectivity index (χ0) is 19.9. The summed E-state index contributed by atoms with van der Waals surface area (Å²) in [6.07, 6.45) is 2.20. The molecule has 0 unspecified atom stereocenters. The number of aromatic nitrogens is 2. The summed E-state index contributed by atoms with van der Waals surface area (Å²) in [4.78, 5) is 7.11. The van der Waals surface area contributed by atoms with Gasteiger partial charge < -0.3 is 4.57 Å². The first-order valence-electron chi connectivity index (χ1n) is 10.3. The molecule has 28 heavy (non-hydrogen) atoms. The Hall–Kier alpha value is -2.20. The van der Waals surface area contributed by atoms with Crippen LogP contribution in [0.4, 0.5) is 4.39 Å². The van der Waals surface area contributed by atoms with Crippen molar-refractivity contribution in [2.24, 2.45) is 0 Å². The third kappa shape index (κ3) is 3.83. The molecule has 1 aromatic heterocycles. The van der Waals surface area contributed by atoms with Gasteiger partial charge in [-0.05, 0) is 48.4 Å². The minimum absolute atomic E-state index is 0.200. The summed E-state index contributed by atoms with van der Waals surface area (Å²) in [5, 5.41) is 0. The van der Waals surface area contributed by atoms with E-state index in [0.717, 1.165) is 49.3 Å². The number of hydrogen-bond donors (Lipinski definition) is 0. The van der Waals surface area contributed by atoms with Crippen LogP contribution >= 0.6 is 0 Å². The average Bonchev–Trinajstić information content (AvgIpc) is 2.97. The SMILES string of the molecule is Cc1nc2cc(F)ccc2n1C1CCN(Cc2ccc(C(C)(C)C)cc2)CC1. The number of benzene rings is 2. The lowest BCUT2D eigenvalue weighted by Gasteiger charge is -2.33. The van der Waals surface area contributed by atoms with Crippen molar-refractivity contribution in [3.8, 4) is 0 Å². The van der Waals surface area contributed by atoms with Gasteiger partial charge in [-0.3, -0.25) is 4.90 Å². The average molecular weight is 380 g/mol. The molecule has 1 aliphatic rings.